The van der Waals surface area contributed by atoms with E-state index >= 15 is 8.78 Å². The van der Waals surface area contributed by atoms with Crippen LogP contribution in [0.4, 0.5) is 43.9 Å². The third-order valence-electron chi connectivity index (χ3n) is 8.67. The summed E-state index contributed by atoms with van der Waals surface area (Å²) >= 11 is 0. The van der Waals surface area contributed by atoms with Crippen LogP contribution in [0.25, 0.3) is 0 Å². The minimum atomic E-state index is -5.20. The molecule has 1 aliphatic carbocycles. The van der Waals surface area contributed by atoms with Crippen LogP contribution in [-0.2, 0) is 18.1 Å². The van der Waals surface area contributed by atoms with Gasteiger partial charge in [-0.1, -0.05) is 55.7 Å². The van der Waals surface area contributed by atoms with Gasteiger partial charge in [0.05, 0.1) is 17.7 Å². The van der Waals surface area contributed by atoms with E-state index < -0.39 is 70.0 Å². The molecule has 0 bridgehead atoms. The third-order valence-corrected chi connectivity index (χ3v) is 8.67. The number of carbonyl (C=O) groups excluding carboxylic acids is 1. The van der Waals surface area contributed by atoms with E-state index in [1.165, 1.54) is 6.07 Å². The Labute approximate surface area is 286 Å². The molecule has 0 aromatic heterocycles. The number of rotatable bonds is 12. The van der Waals surface area contributed by atoms with Gasteiger partial charge in [0.15, 0.2) is 11.6 Å². The van der Waals surface area contributed by atoms with Gasteiger partial charge in [-0.3, -0.25) is 4.79 Å². The molecule has 4 aromatic rings. The highest BCUT2D eigenvalue weighted by molar-refractivity contribution is 5.95. The van der Waals surface area contributed by atoms with Crippen molar-refractivity contribution in [2.24, 2.45) is 5.92 Å². The van der Waals surface area contributed by atoms with E-state index in [0.717, 1.165) is 62.4 Å². The fourth-order valence-corrected chi connectivity index (χ4v) is 6.12. The van der Waals surface area contributed by atoms with Gasteiger partial charge in [-0.2, -0.15) is 30.7 Å². The molecule has 0 radical (unpaired) electrons. The minimum absolute atomic E-state index is 0.0601. The summed E-state index contributed by atoms with van der Waals surface area (Å²) in [7, 11) is 0. The van der Waals surface area contributed by atoms with Crippen molar-refractivity contribution in [2.75, 3.05) is 6.61 Å². The van der Waals surface area contributed by atoms with Crippen LogP contribution in [0.3, 0.4) is 0 Å². The van der Waals surface area contributed by atoms with Gasteiger partial charge >= 0.3 is 18.7 Å². The standard InChI is InChI=1S/C37H31F10NO3/c38-27-16-26(17-28(19-27)51-37(46,47)34(41)42)35(20-22-7-3-1-4-8-22,48-33(49)24-11-13-30(39)29(15-24)36(43,44)45)25-12-14-31(40)32(18-25)50-21-23-9-5-2-6-10-23/h1,3-4,7-8,11-19,23,34H,2,5-6,9-10,20-21H2,(H,48,49)/t35-/m1/s1. The fourth-order valence-electron chi connectivity index (χ4n) is 6.12. The normalized spacial score (nSPS) is 15.4. The van der Waals surface area contributed by atoms with Gasteiger partial charge in [-0.25, -0.2) is 13.2 Å². The summed E-state index contributed by atoms with van der Waals surface area (Å²) in [5.74, 6) is -6.33. The lowest BCUT2D eigenvalue weighted by atomic mass is 9.77. The maximum atomic E-state index is 15.3. The van der Waals surface area contributed by atoms with E-state index in [-0.39, 0.29) is 36.3 Å². The number of hydrogen-bond donors (Lipinski definition) is 1. The first-order valence-corrected chi connectivity index (χ1v) is 15.9. The van der Waals surface area contributed by atoms with E-state index in [9.17, 15) is 39.9 Å². The maximum absolute atomic E-state index is 15.3. The SMILES string of the molecule is O=C(N[C@@](Cc1ccccc1)(c1cc(F)cc(OC(F)(F)C(F)F)c1)c1ccc(F)c(OCC2CCCCC2)c1)c1ccc(F)c(C(F)(F)F)c1. The molecule has 1 amide bonds. The van der Waals surface area contributed by atoms with E-state index in [0.29, 0.717) is 17.7 Å². The van der Waals surface area contributed by atoms with Gasteiger partial charge in [-0.05, 0) is 77.9 Å². The molecular formula is C37H31F10NO3. The van der Waals surface area contributed by atoms with E-state index in [2.05, 4.69) is 10.1 Å². The predicted octanol–water partition coefficient (Wildman–Crippen LogP) is 10.2. The van der Waals surface area contributed by atoms with Crippen molar-refractivity contribution in [3.8, 4) is 11.5 Å². The van der Waals surface area contributed by atoms with Crippen molar-refractivity contribution in [3.05, 3.63) is 130 Å². The van der Waals surface area contributed by atoms with Crippen molar-refractivity contribution in [1.82, 2.24) is 5.32 Å². The molecule has 0 aliphatic heterocycles. The molecular weight excluding hydrogens is 696 g/mol. The first-order chi connectivity index (χ1) is 24.1. The zero-order valence-corrected chi connectivity index (χ0v) is 26.7. The van der Waals surface area contributed by atoms with Gasteiger partial charge in [0, 0.05) is 18.1 Å². The van der Waals surface area contributed by atoms with Gasteiger partial charge in [-0.15, -0.1) is 0 Å². The summed E-state index contributed by atoms with van der Waals surface area (Å²) in [6, 6.07) is 14.6. The van der Waals surface area contributed by atoms with E-state index in [4.69, 9.17) is 4.74 Å². The monoisotopic (exact) mass is 727 g/mol. The Balaban J connectivity index is 1.71. The molecule has 1 aliphatic rings. The van der Waals surface area contributed by atoms with Crippen LogP contribution in [-0.4, -0.2) is 25.0 Å². The van der Waals surface area contributed by atoms with Crippen molar-refractivity contribution in [3.63, 3.8) is 0 Å². The molecule has 51 heavy (non-hydrogen) atoms. The second kappa shape index (κ2) is 15.2. The number of benzene rings is 4. The molecule has 1 saturated carbocycles. The van der Waals surface area contributed by atoms with Crippen LogP contribution in [0.5, 0.6) is 11.5 Å². The zero-order chi connectivity index (χ0) is 37.0. The number of ether oxygens (including phenoxy) is 2. The number of amides is 1. The predicted molar refractivity (Wildman–Crippen MR) is 166 cm³/mol. The smallest absolute Gasteiger partial charge is 0.461 e. The Morgan fingerprint density at radius 2 is 1.47 bits per heavy atom. The highest BCUT2D eigenvalue weighted by Crippen LogP contribution is 2.40. The van der Waals surface area contributed by atoms with Gasteiger partial charge in [0.1, 0.15) is 17.4 Å². The Hall–Kier alpha value is -4.75. The Kier molecular flexibility index (Phi) is 11.2. The third kappa shape index (κ3) is 8.95. The zero-order valence-electron chi connectivity index (χ0n) is 26.7. The number of halogens is 10. The minimum Gasteiger partial charge on any atom is -0.490 e. The van der Waals surface area contributed by atoms with Crippen LogP contribution in [0.2, 0.25) is 0 Å². The molecule has 0 saturated heterocycles. The van der Waals surface area contributed by atoms with Crippen molar-refractivity contribution in [2.45, 2.75) is 62.8 Å². The molecule has 0 spiro atoms. The molecule has 0 unspecified atom stereocenters. The largest absolute Gasteiger partial charge is 0.490 e. The molecule has 1 atom stereocenters. The lowest BCUT2D eigenvalue weighted by molar-refractivity contribution is -0.253. The second-order valence-electron chi connectivity index (χ2n) is 12.3. The van der Waals surface area contributed by atoms with Crippen LogP contribution >= 0.6 is 0 Å². The van der Waals surface area contributed by atoms with Crippen LogP contribution < -0.4 is 14.8 Å². The molecule has 1 fully saturated rings. The molecule has 14 heteroatoms. The average Bonchev–Trinajstić information content (AvgIpc) is 3.07. The van der Waals surface area contributed by atoms with Gasteiger partial charge in [0.25, 0.3) is 5.91 Å². The quantitative estimate of drug-likeness (QED) is 0.148. The highest BCUT2D eigenvalue weighted by Gasteiger charge is 2.45. The number of nitrogens with one attached hydrogen (secondary N) is 1. The fraction of sp³-hybridized carbons (Fsp3) is 0.324. The Bertz CT molecular complexity index is 1830. The summed E-state index contributed by atoms with van der Waals surface area (Å²) < 4.78 is 150. The molecule has 1 N–H and O–H groups in total. The molecule has 0 heterocycles. The summed E-state index contributed by atoms with van der Waals surface area (Å²) in [5.41, 5.74) is -4.69. The van der Waals surface area contributed by atoms with Crippen molar-refractivity contribution < 1.29 is 58.2 Å². The van der Waals surface area contributed by atoms with Crippen LogP contribution in [0, 0.1) is 23.4 Å². The summed E-state index contributed by atoms with van der Waals surface area (Å²) in [6.45, 7) is 0.120. The first-order valence-electron chi connectivity index (χ1n) is 15.9. The van der Waals surface area contributed by atoms with Crippen molar-refractivity contribution in [1.29, 1.82) is 0 Å². The van der Waals surface area contributed by atoms with Crippen LogP contribution in [0.15, 0.2) is 84.9 Å². The molecule has 272 valence electrons. The lowest BCUT2D eigenvalue weighted by Crippen LogP contribution is -2.49. The highest BCUT2D eigenvalue weighted by atomic mass is 19.4. The van der Waals surface area contributed by atoms with Crippen LogP contribution in [0.1, 0.15) is 64.7 Å². The first kappa shape index (κ1) is 37.5. The Morgan fingerprint density at radius 1 is 0.784 bits per heavy atom. The Morgan fingerprint density at radius 3 is 2.14 bits per heavy atom. The average molecular weight is 728 g/mol. The number of carbonyl (C=O) groups is 1. The number of alkyl halides is 7. The van der Waals surface area contributed by atoms with E-state index in [1.54, 1.807) is 30.3 Å². The summed E-state index contributed by atoms with van der Waals surface area (Å²) in [6.07, 6.45) is -10.3. The summed E-state index contributed by atoms with van der Waals surface area (Å²) in [5, 5.41) is 2.55. The summed E-state index contributed by atoms with van der Waals surface area (Å²) in [4.78, 5) is 13.9. The van der Waals surface area contributed by atoms with Gasteiger partial charge in [0.2, 0.25) is 0 Å². The second-order valence-corrected chi connectivity index (χ2v) is 12.3. The van der Waals surface area contributed by atoms with Crippen molar-refractivity contribution >= 4 is 5.91 Å². The molecule has 5 rings (SSSR count). The molecule has 4 aromatic carbocycles. The molecule has 4 nitrogen and oxygen atoms in total. The van der Waals surface area contributed by atoms with Gasteiger partial charge < -0.3 is 14.8 Å². The van der Waals surface area contributed by atoms with E-state index in [1.807, 2.05) is 0 Å². The number of hydrogen-bond acceptors (Lipinski definition) is 3. The topological polar surface area (TPSA) is 47.6 Å². The maximum Gasteiger partial charge on any atom is 0.461 e. The lowest BCUT2D eigenvalue weighted by Gasteiger charge is -2.37.